The molecule has 2 N–H and O–H groups in total. The maximum atomic E-state index is 11.2. The Kier molecular flexibility index (Phi) is 3.46. The zero-order valence-electron chi connectivity index (χ0n) is 10.5. The van der Waals surface area contributed by atoms with Gasteiger partial charge in [-0.25, -0.2) is 0 Å². The molecule has 2 rings (SSSR count). The molecule has 1 aromatic heterocycles. The summed E-state index contributed by atoms with van der Waals surface area (Å²) in [4.78, 5) is 22.1. The van der Waals surface area contributed by atoms with Crippen LogP contribution in [-0.2, 0) is 12.8 Å². The maximum Gasteiger partial charge on any atom is 0.310 e. The minimum atomic E-state index is -0.606. The summed E-state index contributed by atoms with van der Waals surface area (Å²) in [5.41, 5.74) is 3.40. The van der Waals surface area contributed by atoms with Gasteiger partial charge in [0, 0.05) is 11.8 Å². The molecule has 0 atom stereocenters. The third-order valence-electron chi connectivity index (χ3n) is 3.03. The number of nitrogens with one attached hydrogen (secondary N) is 2. The van der Waals surface area contributed by atoms with Gasteiger partial charge in [0.1, 0.15) is 0 Å². The van der Waals surface area contributed by atoms with Crippen LogP contribution in [0.4, 0.5) is 0 Å². The fourth-order valence-corrected chi connectivity index (χ4v) is 1.99. The molecule has 2 aromatic rings. The molecule has 0 spiro atoms. The summed E-state index contributed by atoms with van der Waals surface area (Å²) in [6.45, 7) is 4.15. The van der Waals surface area contributed by atoms with E-state index in [1.807, 2.05) is 0 Å². The predicted molar refractivity (Wildman–Crippen MR) is 71.0 cm³/mol. The highest BCUT2D eigenvalue weighted by molar-refractivity contribution is 5.30. The lowest BCUT2D eigenvalue weighted by Gasteiger charge is -2.06. The third kappa shape index (κ3) is 2.77. The monoisotopic (exact) mass is 244 g/mol. The highest BCUT2D eigenvalue weighted by atomic mass is 16.2. The average molecular weight is 244 g/mol. The summed E-state index contributed by atoms with van der Waals surface area (Å²) in [6, 6.07) is 7.69. The van der Waals surface area contributed by atoms with Crippen LogP contribution in [0.2, 0.25) is 0 Å². The van der Waals surface area contributed by atoms with Crippen molar-refractivity contribution in [2.24, 2.45) is 0 Å². The molecular formula is C14H16N2O2. The Labute approximate surface area is 105 Å². The molecule has 0 aliphatic rings. The van der Waals surface area contributed by atoms with E-state index >= 15 is 0 Å². The molecule has 4 nitrogen and oxygen atoms in total. The van der Waals surface area contributed by atoms with Crippen molar-refractivity contribution in [1.29, 1.82) is 0 Å². The van der Waals surface area contributed by atoms with E-state index < -0.39 is 11.0 Å². The molecule has 4 heteroatoms. The van der Waals surface area contributed by atoms with Gasteiger partial charge >= 0.3 is 5.56 Å². The highest BCUT2D eigenvalue weighted by Gasteiger charge is 2.02. The van der Waals surface area contributed by atoms with Crippen LogP contribution in [0.15, 0.2) is 33.9 Å². The Bertz CT molecular complexity index is 668. The van der Waals surface area contributed by atoms with Crippen LogP contribution >= 0.6 is 0 Å². The molecule has 0 aliphatic carbocycles. The van der Waals surface area contributed by atoms with Crippen LogP contribution in [0, 0.1) is 13.8 Å². The first kappa shape index (κ1) is 12.4. The summed E-state index contributed by atoms with van der Waals surface area (Å²) in [7, 11) is 0. The van der Waals surface area contributed by atoms with E-state index in [1.54, 1.807) is 0 Å². The Morgan fingerprint density at radius 3 is 2.44 bits per heavy atom. The predicted octanol–water partition coefficient (Wildman–Crippen LogP) is 1.47. The number of aromatic amines is 2. The van der Waals surface area contributed by atoms with Crippen molar-refractivity contribution in [2.45, 2.75) is 26.7 Å². The largest absolute Gasteiger partial charge is 0.310 e. The van der Waals surface area contributed by atoms with Crippen molar-refractivity contribution in [3.8, 4) is 0 Å². The Balaban J connectivity index is 2.13. The molecule has 0 bridgehead atoms. The normalized spacial score (nSPS) is 10.6. The number of aromatic nitrogens is 2. The van der Waals surface area contributed by atoms with E-state index in [9.17, 15) is 9.59 Å². The SMILES string of the molecule is Cc1ccc(CCc2cc(=O)c(=O)[nH][nH]2)c(C)c1. The van der Waals surface area contributed by atoms with Gasteiger partial charge in [-0.15, -0.1) is 0 Å². The van der Waals surface area contributed by atoms with E-state index in [1.165, 1.54) is 22.8 Å². The average Bonchev–Trinajstić information content (AvgIpc) is 2.32. The van der Waals surface area contributed by atoms with Gasteiger partial charge in [-0.2, -0.15) is 0 Å². The maximum absolute atomic E-state index is 11.2. The van der Waals surface area contributed by atoms with Crippen molar-refractivity contribution < 1.29 is 0 Å². The summed E-state index contributed by atoms with van der Waals surface area (Å²) < 4.78 is 0. The fourth-order valence-electron chi connectivity index (χ4n) is 1.99. The molecule has 18 heavy (non-hydrogen) atoms. The standard InChI is InChI=1S/C14H16N2O2/c1-9-3-4-11(10(2)7-9)5-6-12-8-13(17)14(18)16-15-12/h3-4,7-8H,5-6H2,1-2H3,(H,15,17)(H,16,18). The molecule has 0 fully saturated rings. The fraction of sp³-hybridized carbons (Fsp3) is 0.286. The molecular weight excluding hydrogens is 228 g/mol. The Morgan fingerprint density at radius 2 is 1.78 bits per heavy atom. The molecule has 0 aliphatic heterocycles. The molecule has 0 saturated heterocycles. The van der Waals surface area contributed by atoms with Gasteiger partial charge in [0.05, 0.1) is 0 Å². The first-order valence-corrected chi connectivity index (χ1v) is 5.93. The van der Waals surface area contributed by atoms with E-state index in [2.05, 4.69) is 42.2 Å². The topological polar surface area (TPSA) is 65.7 Å². The first-order valence-electron chi connectivity index (χ1n) is 5.93. The molecule has 1 aromatic carbocycles. The van der Waals surface area contributed by atoms with Crippen molar-refractivity contribution in [2.75, 3.05) is 0 Å². The lowest BCUT2D eigenvalue weighted by atomic mass is 10.0. The number of benzene rings is 1. The molecule has 0 amide bonds. The van der Waals surface area contributed by atoms with Crippen molar-refractivity contribution >= 4 is 0 Å². The minimum absolute atomic E-state index is 0.496. The van der Waals surface area contributed by atoms with Crippen molar-refractivity contribution in [1.82, 2.24) is 10.2 Å². The van der Waals surface area contributed by atoms with Crippen LogP contribution in [0.1, 0.15) is 22.4 Å². The van der Waals surface area contributed by atoms with Crippen LogP contribution in [0.5, 0.6) is 0 Å². The molecule has 0 saturated carbocycles. The number of rotatable bonds is 3. The van der Waals surface area contributed by atoms with Crippen molar-refractivity contribution in [3.63, 3.8) is 0 Å². The van der Waals surface area contributed by atoms with Crippen LogP contribution < -0.4 is 11.0 Å². The second-order valence-electron chi connectivity index (χ2n) is 4.54. The second-order valence-corrected chi connectivity index (χ2v) is 4.54. The molecule has 94 valence electrons. The van der Waals surface area contributed by atoms with Crippen LogP contribution in [0.3, 0.4) is 0 Å². The summed E-state index contributed by atoms with van der Waals surface area (Å²) in [6.07, 6.45) is 1.55. The molecule has 0 unspecified atom stereocenters. The Hall–Kier alpha value is -2.10. The smallest absolute Gasteiger partial charge is 0.302 e. The minimum Gasteiger partial charge on any atom is -0.302 e. The summed E-state index contributed by atoms with van der Waals surface area (Å²) >= 11 is 0. The van der Waals surface area contributed by atoms with E-state index in [0.717, 1.165) is 12.1 Å². The summed E-state index contributed by atoms with van der Waals surface area (Å²) in [5, 5.41) is 5.08. The van der Waals surface area contributed by atoms with Crippen LogP contribution in [0.25, 0.3) is 0 Å². The van der Waals surface area contributed by atoms with Crippen molar-refractivity contribution in [3.05, 3.63) is 67.2 Å². The van der Waals surface area contributed by atoms with Gasteiger partial charge in [0.2, 0.25) is 5.43 Å². The van der Waals surface area contributed by atoms with Gasteiger partial charge in [0.15, 0.2) is 0 Å². The number of hydrogen-bond acceptors (Lipinski definition) is 2. The molecule has 1 heterocycles. The van der Waals surface area contributed by atoms with Gasteiger partial charge in [-0.1, -0.05) is 23.8 Å². The number of H-pyrrole nitrogens is 2. The lowest BCUT2D eigenvalue weighted by molar-refractivity contribution is 0.835. The van der Waals surface area contributed by atoms with Gasteiger partial charge in [-0.3, -0.25) is 14.7 Å². The zero-order valence-corrected chi connectivity index (χ0v) is 10.5. The van der Waals surface area contributed by atoms with Gasteiger partial charge < -0.3 is 5.10 Å². The second kappa shape index (κ2) is 5.04. The van der Waals surface area contributed by atoms with Crippen LogP contribution in [-0.4, -0.2) is 10.2 Å². The third-order valence-corrected chi connectivity index (χ3v) is 3.03. The van der Waals surface area contributed by atoms with Gasteiger partial charge in [-0.05, 0) is 37.8 Å². The quantitative estimate of drug-likeness (QED) is 0.803. The van der Waals surface area contributed by atoms with E-state index in [-0.39, 0.29) is 0 Å². The number of hydrogen-bond donors (Lipinski definition) is 2. The summed E-state index contributed by atoms with van der Waals surface area (Å²) in [5.74, 6) is 0. The molecule has 0 radical (unpaired) electrons. The lowest BCUT2D eigenvalue weighted by Crippen LogP contribution is -2.27. The van der Waals surface area contributed by atoms with Gasteiger partial charge in [0.25, 0.3) is 0 Å². The Morgan fingerprint density at radius 1 is 1.00 bits per heavy atom. The highest BCUT2D eigenvalue weighted by Crippen LogP contribution is 2.12. The van der Waals surface area contributed by atoms with E-state index in [4.69, 9.17) is 0 Å². The first-order chi connectivity index (χ1) is 8.56. The number of aryl methyl sites for hydroxylation is 4. The zero-order chi connectivity index (χ0) is 13.1. The van der Waals surface area contributed by atoms with E-state index in [0.29, 0.717) is 6.42 Å².